The van der Waals surface area contributed by atoms with E-state index in [-0.39, 0.29) is 5.91 Å². The van der Waals surface area contributed by atoms with Crippen molar-refractivity contribution >= 4 is 11.7 Å². The van der Waals surface area contributed by atoms with E-state index in [1.807, 2.05) is 6.92 Å². The normalized spacial score (nSPS) is 25.4. The van der Waals surface area contributed by atoms with E-state index in [0.717, 1.165) is 25.8 Å². The van der Waals surface area contributed by atoms with Crippen LogP contribution in [0.3, 0.4) is 0 Å². The minimum atomic E-state index is -0.418. The largest absolute Gasteiger partial charge is 0.363 e. The lowest BCUT2D eigenvalue weighted by atomic mass is 9.93. The van der Waals surface area contributed by atoms with Gasteiger partial charge in [-0.1, -0.05) is 12.1 Å². The predicted octanol–water partition coefficient (Wildman–Crippen LogP) is 1.15. The van der Waals surface area contributed by atoms with E-state index < -0.39 is 5.54 Å². The maximum atomic E-state index is 12.0. The smallest absolute Gasteiger partial charge is 0.245 e. The first-order valence-electron chi connectivity index (χ1n) is 5.24. The highest BCUT2D eigenvalue weighted by Crippen LogP contribution is 2.24. The van der Waals surface area contributed by atoms with Gasteiger partial charge in [-0.3, -0.25) is 4.79 Å². The van der Waals surface area contributed by atoms with E-state index in [4.69, 9.17) is 0 Å². The third kappa shape index (κ3) is 1.87. The topological polar surface area (TPSA) is 67.2 Å². The molecule has 0 radical (unpaired) electrons. The summed E-state index contributed by atoms with van der Waals surface area (Å²) in [5.41, 5.74) is -0.418. The Bertz CT molecular complexity index is 328. The van der Waals surface area contributed by atoms with E-state index in [2.05, 4.69) is 20.3 Å². The van der Waals surface area contributed by atoms with Crippen molar-refractivity contribution in [3.05, 3.63) is 12.3 Å². The number of hydrogen-bond acceptors (Lipinski definition) is 4. The summed E-state index contributed by atoms with van der Waals surface area (Å²) in [6.07, 6.45) is 4.15. The number of amides is 1. The Morgan fingerprint density at radius 1 is 1.80 bits per heavy atom. The molecule has 1 unspecified atom stereocenters. The van der Waals surface area contributed by atoms with Crippen LogP contribution < -0.4 is 10.6 Å². The molecule has 2 N–H and O–H groups in total. The Kier molecular flexibility index (Phi) is 2.73. The molecule has 1 amide bonds. The fourth-order valence-electron chi connectivity index (χ4n) is 1.98. The number of carbonyl (C=O) groups is 1. The van der Waals surface area contributed by atoms with Crippen LogP contribution in [0.25, 0.3) is 0 Å². The standard InChI is InChI=1S/C10H15N3O2/c1-2-10(5-3-6-11-10)9(14)12-8-4-7-15-13-8/h4,7,11H,2-3,5-6H2,1H3,(H,12,13,14). The maximum Gasteiger partial charge on any atom is 0.245 e. The number of aromatic nitrogens is 1. The van der Waals surface area contributed by atoms with Crippen LogP contribution in [0, 0.1) is 0 Å². The summed E-state index contributed by atoms with van der Waals surface area (Å²) in [4.78, 5) is 12.0. The van der Waals surface area contributed by atoms with E-state index in [1.165, 1.54) is 6.26 Å². The van der Waals surface area contributed by atoms with E-state index in [9.17, 15) is 4.79 Å². The summed E-state index contributed by atoms with van der Waals surface area (Å²) in [5, 5.41) is 9.67. The van der Waals surface area contributed by atoms with Gasteiger partial charge in [-0.25, -0.2) is 0 Å². The van der Waals surface area contributed by atoms with Gasteiger partial charge in [0.2, 0.25) is 5.91 Å². The average molecular weight is 209 g/mol. The van der Waals surface area contributed by atoms with Crippen molar-refractivity contribution in [1.82, 2.24) is 10.5 Å². The number of carbonyl (C=O) groups excluding carboxylic acids is 1. The van der Waals surface area contributed by atoms with Gasteiger partial charge in [0.1, 0.15) is 6.26 Å². The molecule has 2 rings (SSSR count). The molecule has 1 aromatic rings. The van der Waals surface area contributed by atoms with Gasteiger partial charge in [0, 0.05) is 6.07 Å². The third-order valence-electron chi connectivity index (χ3n) is 2.96. The van der Waals surface area contributed by atoms with Gasteiger partial charge in [0.05, 0.1) is 5.54 Å². The molecule has 0 aromatic carbocycles. The Morgan fingerprint density at radius 3 is 3.20 bits per heavy atom. The molecule has 2 heterocycles. The number of hydrogen-bond donors (Lipinski definition) is 2. The van der Waals surface area contributed by atoms with Crippen molar-refractivity contribution in [3.63, 3.8) is 0 Å². The van der Waals surface area contributed by atoms with Gasteiger partial charge in [-0.05, 0) is 25.8 Å². The van der Waals surface area contributed by atoms with Gasteiger partial charge in [-0.2, -0.15) is 0 Å². The van der Waals surface area contributed by atoms with E-state index in [1.54, 1.807) is 6.07 Å². The number of nitrogens with one attached hydrogen (secondary N) is 2. The second-order valence-corrected chi connectivity index (χ2v) is 3.80. The lowest BCUT2D eigenvalue weighted by Crippen LogP contribution is -2.50. The first kappa shape index (κ1) is 10.2. The second kappa shape index (κ2) is 4.02. The highest BCUT2D eigenvalue weighted by Gasteiger charge is 2.39. The quantitative estimate of drug-likeness (QED) is 0.783. The highest BCUT2D eigenvalue weighted by atomic mass is 16.5. The van der Waals surface area contributed by atoms with Crippen molar-refractivity contribution in [1.29, 1.82) is 0 Å². The van der Waals surface area contributed by atoms with E-state index >= 15 is 0 Å². The summed E-state index contributed by atoms with van der Waals surface area (Å²) < 4.78 is 4.66. The molecule has 0 aliphatic carbocycles. The lowest BCUT2D eigenvalue weighted by Gasteiger charge is -2.25. The van der Waals surface area contributed by atoms with Gasteiger partial charge in [0.15, 0.2) is 5.82 Å². The summed E-state index contributed by atoms with van der Waals surface area (Å²) in [6, 6.07) is 1.64. The molecular weight excluding hydrogens is 194 g/mol. The molecule has 0 bridgehead atoms. The van der Waals surface area contributed by atoms with Gasteiger partial charge < -0.3 is 15.2 Å². The van der Waals surface area contributed by atoms with Crippen molar-refractivity contribution in [2.24, 2.45) is 0 Å². The van der Waals surface area contributed by atoms with Crippen molar-refractivity contribution < 1.29 is 9.32 Å². The first-order valence-corrected chi connectivity index (χ1v) is 5.24. The summed E-state index contributed by atoms with van der Waals surface area (Å²) in [6.45, 7) is 2.92. The van der Waals surface area contributed by atoms with Gasteiger partial charge in [0.25, 0.3) is 0 Å². The summed E-state index contributed by atoms with van der Waals surface area (Å²) in [5.74, 6) is 0.456. The highest BCUT2D eigenvalue weighted by molar-refractivity contribution is 5.97. The first-order chi connectivity index (χ1) is 7.27. The number of rotatable bonds is 3. The molecule has 82 valence electrons. The van der Waals surface area contributed by atoms with Crippen molar-refractivity contribution in [2.75, 3.05) is 11.9 Å². The minimum absolute atomic E-state index is 0.0172. The molecule has 1 atom stereocenters. The van der Waals surface area contributed by atoms with Gasteiger partial charge in [-0.15, -0.1) is 0 Å². The Labute approximate surface area is 88.2 Å². The fraction of sp³-hybridized carbons (Fsp3) is 0.600. The minimum Gasteiger partial charge on any atom is -0.363 e. The molecule has 1 aromatic heterocycles. The van der Waals surface area contributed by atoms with E-state index in [0.29, 0.717) is 5.82 Å². The predicted molar refractivity (Wildman–Crippen MR) is 55.4 cm³/mol. The van der Waals surface area contributed by atoms with Gasteiger partial charge >= 0.3 is 0 Å². The second-order valence-electron chi connectivity index (χ2n) is 3.80. The lowest BCUT2D eigenvalue weighted by molar-refractivity contribution is -0.122. The molecule has 1 saturated heterocycles. The van der Waals surface area contributed by atoms with Crippen LogP contribution in [0.2, 0.25) is 0 Å². The van der Waals surface area contributed by atoms with Crippen LogP contribution in [0.4, 0.5) is 5.82 Å². The molecule has 1 aliphatic heterocycles. The van der Waals surface area contributed by atoms with Crippen LogP contribution in [0.1, 0.15) is 26.2 Å². The zero-order valence-corrected chi connectivity index (χ0v) is 8.75. The maximum absolute atomic E-state index is 12.0. The molecule has 1 aliphatic rings. The molecule has 1 fully saturated rings. The fourth-order valence-corrected chi connectivity index (χ4v) is 1.98. The Hall–Kier alpha value is -1.36. The zero-order valence-electron chi connectivity index (χ0n) is 8.75. The van der Waals surface area contributed by atoms with Crippen molar-refractivity contribution in [2.45, 2.75) is 31.7 Å². The third-order valence-corrected chi connectivity index (χ3v) is 2.96. The summed E-state index contributed by atoms with van der Waals surface area (Å²) >= 11 is 0. The molecule has 0 spiro atoms. The molecule has 15 heavy (non-hydrogen) atoms. The molecule has 5 heteroatoms. The monoisotopic (exact) mass is 209 g/mol. The van der Waals surface area contributed by atoms with Crippen LogP contribution in [0.5, 0.6) is 0 Å². The number of anilines is 1. The molecule has 5 nitrogen and oxygen atoms in total. The van der Waals surface area contributed by atoms with Crippen LogP contribution >= 0.6 is 0 Å². The SMILES string of the molecule is CCC1(C(=O)Nc2ccon2)CCCN1. The van der Waals surface area contributed by atoms with Crippen LogP contribution in [-0.4, -0.2) is 23.1 Å². The number of nitrogens with zero attached hydrogens (tertiary/aromatic N) is 1. The molecule has 0 saturated carbocycles. The molecular formula is C10H15N3O2. The Balaban J connectivity index is 2.06. The van der Waals surface area contributed by atoms with Crippen LogP contribution in [-0.2, 0) is 4.79 Å². The van der Waals surface area contributed by atoms with Crippen LogP contribution in [0.15, 0.2) is 16.9 Å². The van der Waals surface area contributed by atoms with Crippen molar-refractivity contribution in [3.8, 4) is 0 Å². The zero-order chi connectivity index (χ0) is 10.7. The Morgan fingerprint density at radius 2 is 2.67 bits per heavy atom. The summed E-state index contributed by atoms with van der Waals surface area (Å²) in [7, 11) is 0. The average Bonchev–Trinajstić information content (AvgIpc) is 2.87.